The summed E-state index contributed by atoms with van der Waals surface area (Å²) in [6, 6.07) is 20.6. The molecule has 5 N–H and O–H groups in total. The SMILES string of the molecule is CNC(=O)c1ccccc1Nc1nc(Nc2ccc(N3CCN(C(=O)NC4CCC(N(C)CCC#Cc5ccc6c(c5)CN(C5CCC(=O)NC5=O)C6=O)CC4)CC3)cc2)ncc1Cl. The maximum absolute atomic E-state index is 13.3. The van der Waals surface area contributed by atoms with Crippen molar-refractivity contribution in [2.75, 3.05) is 62.4 Å². The first-order chi connectivity index (χ1) is 31.0. The number of fused-ring (bicyclic) bond motifs is 1. The lowest BCUT2D eigenvalue weighted by atomic mass is 9.90. The van der Waals surface area contributed by atoms with Gasteiger partial charge >= 0.3 is 6.03 Å². The molecule has 2 saturated heterocycles. The molecule has 16 nitrogen and oxygen atoms in total. The van der Waals surface area contributed by atoms with E-state index in [2.05, 4.69) is 65.2 Å². The quantitative estimate of drug-likeness (QED) is 0.0980. The number of carbonyl (C=O) groups is 5. The van der Waals surface area contributed by atoms with Crippen molar-refractivity contribution in [3.05, 3.63) is 100 Å². The van der Waals surface area contributed by atoms with Crippen molar-refractivity contribution in [2.24, 2.45) is 0 Å². The number of piperazine rings is 1. The van der Waals surface area contributed by atoms with Gasteiger partial charge in [-0.1, -0.05) is 35.6 Å². The van der Waals surface area contributed by atoms with Crippen LogP contribution in [0.25, 0.3) is 0 Å². The minimum atomic E-state index is -0.632. The van der Waals surface area contributed by atoms with Crippen LogP contribution in [0.15, 0.2) is 72.9 Å². The molecule has 8 rings (SSSR count). The van der Waals surface area contributed by atoms with Crippen LogP contribution in [0.5, 0.6) is 0 Å². The van der Waals surface area contributed by atoms with Gasteiger partial charge in [-0.3, -0.25) is 24.5 Å². The summed E-state index contributed by atoms with van der Waals surface area (Å²) in [5.74, 6) is 6.12. The lowest BCUT2D eigenvalue weighted by molar-refractivity contribution is -0.136. The zero-order valence-corrected chi connectivity index (χ0v) is 36.7. The van der Waals surface area contributed by atoms with Crippen molar-refractivity contribution in [2.45, 2.75) is 69.6 Å². The number of hydrogen-bond acceptors (Lipinski definition) is 11. The first-order valence-electron chi connectivity index (χ1n) is 21.8. The monoisotopic (exact) mass is 885 g/mol. The first-order valence-corrected chi connectivity index (χ1v) is 22.2. The van der Waals surface area contributed by atoms with Gasteiger partial charge in [0.15, 0.2) is 5.82 Å². The molecular weight excluding hydrogens is 834 g/mol. The average molecular weight is 886 g/mol. The molecule has 332 valence electrons. The molecule has 1 unspecified atom stereocenters. The zero-order chi connectivity index (χ0) is 44.7. The smallest absolute Gasteiger partial charge is 0.317 e. The van der Waals surface area contributed by atoms with Crippen LogP contribution >= 0.6 is 11.6 Å². The number of urea groups is 1. The zero-order valence-electron chi connectivity index (χ0n) is 36.0. The second-order valence-electron chi connectivity index (χ2n) is 16.5. The molecule has 64 heavy (non-hydrogen) atoms. The highest BCUT2D eigenvalue weighted by atomic mass is 35.5. The van der Waals surface area contributed by atoms with Crippen molar-refractivity contribution in [1.29, 1.82) is 0 Å². The second-order valence-corrected chi connectivity index (χ2v) is 17.0. The number of anilines is 5. The molecule has 17 heteroatoms. The standard InChI is InChI=1S/C47H52ClN11O5/c1-49-43(61)37-8-3-4-9-39(37)53-42-38(48)28-50-46(55-42)51-32-13-17-35(18-14-32)57-23-25-58(26-24-57)47(64)52-33-11-15-34(16-12-33)56(2)22-6-5-7-30-10-19-36-31(27-30)29-59(45(36)63)40-20-21-41(60)54-44(40)62/h3-4,8-10,13-14,17-19,27-28,33-34,40H,6,11-12,15-16,20-26,29H2,1-2H3,(H,49,61)(H,52,64)(H,54,60,62)(H2,50,51,53,55). The Morgan fingerprint density at radius 3 is 2.45 bits per heavy atom. The van der Waals surface area contributed by atoms with E-state index < -0.39 is 11.9 Å². The van der Waals surface area contributed by atoms with E-state index in [4.69, 9.17) is 11.6 Å². The number of hydrogen-bond donors (Lipinski definition) is 5. The van der Waals surface area contributed by atoms with Gasteiger partial charge in [0, 0.05) is 93.7 Å². The molecule has 0 bridgehead atoms. The Hall–Kier alpha value is -6.70. The molecule has 0 radical (unpaired) electrons. The largest absolute Gasteiger partial charge is 0.368 e. The summed E-state index contributed by atoms with van der Waals surface area (Å²) in [4.78, 5) is 79.6. The van der Waals surface area contributed by atoms with Gasteiger partial charge in [0.2, 0.25) is 17.8 Å². The third-order valence-electron chi connectivity index (χ3n) is 12.4. The van der Waals surface area contributed by atoms with E-state index in [1.165, 1.54) is 6.20 Å². The summed E-state index contributed by atoms with van der Waals surface area (Å²) >= 11 is 6.41. The molecule has 1 saturated carbocycles. The summed E-state index contributed by atoms with van der Waals surface area (Å²) in [5, 5.41) is 15.0. The molecule has 4 aromatic rings. The predicted octanol–water partition coefficient (Wildman–Crippen LogP) is 5.25. The van der Waals surface area contributed by atoms with E-state index in [1.54, 1.807) is 36.2 Å². The Kier molecular flexibility index (Phi) is 13.6. The number of nitrogens with zero attached hydrogens (tertiary/aromatic N) is 6. The fourth-order valence-corrected chi connectivity index (χ4v) is 8.92. The van der Waals surface area contributed by atoms with Gasteiger partial charge in [0.1, 0.15) is 11.1 Å². The fraction of sp³-hybridized carbons (Fsp3) is 0.383. The molecule has 4 aliphatic rings. The minimum absolute atomic E-state index is 0.000167. The summed E-state index contributed by atoms with van der Waals surface area (Å²) < 4.78 is 0. The normalized spacial score (nSPS) is 19.7. The van der Waals surface area contributed by atoms with Gasteiger partial charge in [0.05, 0.1) is 17.4 Å². The van der Waals surface area contributed by atoms with Gasteiger partial charge < -0.3 is 40.9 Å². The Balaban J connectivity index is 0.738. The summed E-state index contributed by atoms with van der Waals surface area (Å²) in [6.07, 6.45) is 6.65. The van der Waals surface area contributed by atoms with E-state index in [9.17, 15) is 24.0 Å². The summed E-state index contributed by atoms with van der Waals surface area (Å²) in [5.41, 5.74) is 5.15. The van der Waals surface area contributed by atoms with Gasteiger partial charge in [-0.15, -0.1) is 0 Å². The highest BCUT2D eigenvalue weighted by Gasteiger charge is 2.39. The maximum atomic E-state index is 13.3. The highest BCUT2D eigenvalue weighted by Crippen LogP contribution is 2.30. The fourth-order valence-electron chi connectivity index (χ4n) is 8.78. The van der Waals surface area contributed by atoms with Gasteiger partial charge in [-0.2, -0.15) is 4.98 Å². The number of halogens is 1. The van der Waals surface area contributed by atoms with Crippen LogP contribution in [-0.4, -0.2) is 119 Å². The number of rotatable bonds is 11. The molecule has 4 heterocycles. The van der Waals surface area contributed by atoms with Crippen LogP contribution in [0.3, 0.4) is 0 Å². The second kappa shape index (κ2) is 19.8. The van der Waals surface area contributed by atoms with E-state index in [0.29, 0.717) is 72.1 Å². The third-order valence-corrected chi connectivity index (χ3v) is 12.7. The molecule has 0 spiro atoms. The van der Waals surface area contributed by atoms with E-state index in [1.807, 2.05) is 47.4 Å². The van der Waals surface area contributed by atoms with Crippen LogP contribution in [0.1, 0.15) is 76.8 Å². The molecule has 3 aliphatic heterocycles. The molecular formula is C47H52ClN11O5. The average Bonchev–Trinajstić information content (AvgIpc) is 3.63. The predicted molar refractivity (Wildman–Crippen MR) is 245 cm³/mol. The Bertz CT molecular complexity index is 2470. The minimum Gasteiger partial charge on any atom is -0.368 e. The number of nitrogens with one attached hydrogen (secondary N) is 5. The molecule has 1 aliphatic carbocycles. The molecule has 1 atom stereocenters. The van der Waals surface area contributed by atoms with Gasteiger partial charge in [0.25, 0.3) is 11.8 Å². The van der Waals surface area contributed by atoms with Crippen molar-refractivity contribution in [3.63, 3.8) is 0 Å². The number of carbonyl (C=O) groups excluding carboxylic acids is 5. The number of imide groups is 1. The molecule has 6 amide bonds. The van der Waals surface area contributed by atoms with Gasteiger partial charge in [-0.05, 0) is 99.3 Å². The molecule has 1 aromatic heterocycles. The number of aromatic nitrogens is 2. The number of para-hydroxylation sites is 1. The summed E-state index contributed by atoms with van der Waals surface area (Å²) in [6.45, 7) is 3.88. The Labute approximate surface area is 377 Å². The number of benzene rings is 3. The summed E-state index contributed by atoms with van der Waals surface area (Å²) in [7, 11) is 3.72. The maximum Gasteiger partial charge on any atom is 0.317 e. The van der Waals surface area contributed by atoms with Crippen molar-refractivity contribution in [3.8, 4) is 11.8 Å². The Morgan fingerprint density at radius 1 is 0.938 bits per heavy atom. The first kappa shape index (κ1) is 43.9. The number of piperidine rings is 1. The lowest BCUT2D eigenvalue weighted by Crippen LogP contribution is -2.54. The van der Waals surface area contributed by atoms with Crippen LogP contribution < -0.4 is 31.5 Å². The Morgan fingerprint density at radius 2 is 1.70 bits per heavy atom. The van der Waals surface area contributed by atoms with E-state index in [-0.39, 0.29) is 36.2 Å². The topological polar surface area (TPSA) is 184 Å². The third kappa shape index (κ3) is 10.2. The number of amides is 6. The van der Waals surface area contributed by atoms with Crippen molar-refractivity contribution >= 4 is 70.1 Å². The lowest BCUT2D eigenvalue weighted by Gasteiger charge is -2.38. The highest BCUT2D eigenvalue weighted by molar-refractivity contribution is 6.33. The molecule has 3 aromatic carbocycles. The van der Waals surface area contributed by atoms with Crippen molar-refractivity contribution < 1.29 is 24.0 Å². The van der Waals surface area contributed by atoms with Crippen molar-refractivity contribution in [1.82, 2.24) is 40.6 Å². The van der Waals surface area contributed by atoms with Crippen LogP contribution in [0.2, 0.25) is 5.02 Å². The van der Waals surface area contributed by atoms with Crippen LogP contribution in [0.4, 0.5) is 33.6 Å². The van der Waals surface area contributed by atoms with Crippen LogP contribution in [0, 0.1) is 11.8 Å². The van der Waals surface area contributed by atoms with Gasteiger partial charge in [-0.25, -0.2) is 9.78 Å². The van der Waals surface area contributed by atoms with Crippen LogP contribution in [-0.2, 0) is 16.1 Å². The van der Waals surface area contributed by atoms with E-state index >= 15 is 0 Å². The molecule has 3 fully saturated rings. The van der Waals surface area contributed by atoms with E-state index in [0.717, 1.165) is 67.8 Å².